The molecule has 0 saturated heterocycles. The minimum Gasteiger partial charge on any atom is -0.257 e. The average molecular weight is 231 g/mol. The summed E-state index contributed by atoms with van der Waals surface area (Å²) in [6.45, 7) is 0. The molecule has 0 aliphatic carbocycles. The standard InChI is InChI=1S/C12H12N2OP/c15-16(9-11-5-1-3-7-13-11)10-12-6-2-4-8-14-12/h1-8H,9-10H2/q+1. The van der Waals surface area contributed by atoms with E-state index in [1.165, 1.54) is 0 Å². The van der Waals surface area contributed by atoms with Gasteiger partial charge in [0.2, 0.25) is 0 Å². The van der Waals surface area contributed by atoms with Crippen molar-refractivity contribution in [3.63, 3.8) is 0 Å². The molecule has 0 aliphatic heterocycles. The van der Waals surface area contributed by atoms with E-state index in [0.717, 1.165) is 11.4 Å². The Labute approximate surface area is 95.4 Å². The van der Waals surface area contributed by atoms with Crippen LogP contribution in [0.15, 0.2) is 48.8 Å². The molecule has 4 heteroatoms. The number of pyridine rings is 2. The monoisotopic (exact) mass is 231 g/mol. The summed E-state index contributed by atoms with van der Waals surface area (Å²) in [4.78, 5) is 8.31. The predicted molar refractivity (Wildman–Crippen MR) is 63.5 cm³/mol. The van der Waals surface area contributed by atoms with Gasteiger partial charge in [-0.05, 0) is 24.3 Å². The van der Waals surface area contributed by atoms with Gasteiger partial charge >= 0.3 is 7.80 Å². The molecule has 0 saturated carbocycles. The van der Waals surface area contributed by atoms with E-state index in [1.807, 2.05) is 36.4 Å². The number of rotatable bonds is 4. The first-order chi connectivity index (χ1) is 7.84. The first-order valence-corrected chi connectivity index (χ1v) is 6.69. The lowest BCUT2D eigenvalue weighted by Crippen LogP contribution is -1.88. The van der Waals surface area contributed by atoms with Gasteiger partial charge in [-0.2, -0.15) is 0 Å². The van der Waals surface area contributed by atoms with Gasteiger partial charge in [0.25, 0.3) is 0 Å². The van der Waals surface area contributed by atoms with Crippen molar-refractivity contribution >= 4 is 7.80 Å². The van der Waals surface area contributed by atoms with Crippen molar-refractivity contribution in [2.45, 2.75) is 12.3 Å². The maximum atomic E-state index is 11.9. The van der Waals surface area contributed by atoms with Crippen molar-refractivity contribution in [3.8, 4) is 0 Å². The molecule has 0 fully saturated rings. The fourth-order valence-corrected chi connectivity index (χ4v) is 2.61. The van der Waals surface area contributed by atoms with E-state index in [-0.39, 0.29) is 0 Å². The number of aromatic nitrogens is 2. The Hall–Kier alpha value is -1.60. The number of hydrogen-bond acceptors (Lipinski definition) is 3. The summed E-state index contributed by atoms with van der Waals surface area (Å²) in [6.07, 6.45) is 4.48. The zero-order valence-electron chi connectivity index (χ0n) is 8.78. The van der Waals surface area contributed by atoms with Crippen LogP contribution in [0.4, 0.5) is 0 Å². The van der Waals surface area contributed by atoms with Crippen LogP contribution in [0.25, 0.3) is 0 Å². The van der Waals surface area contributed by atoms with Crippen LogP contribution in [0.5, 0.6) is 0 Å². The minimum atomic E-state index is -1.31. The van der Waals surface area contributed by atoms with E-state index in [4.69, 9.17) is 0 Å². The summed E-state index contributed by atoms with van der Waals surface area (Å²) in [7, 11) is -1.31. The molecule has 2 heterocycles. The van der Waals surface area contributed by atoms with Crippen molar-refractivity contribution in [3.05, 3.63) is 60.2 Å². The van der Waals surface area contributed by atoms with E-state index < -0.39 is 7.80 Å². The van der Waals surface area contributed by atoms with E-state index in [2.05, 4.69) is 9.97 Å². The Morgan fingerprint density at radius 1 is 0.875 bits per heavy atom. The van der Waals surface area contributed by atoms with E-state index in [1.54, 1.807) is 12.4 Å². The molecule has 3 nitrogen and oxygen atoms in total. The zero-order chi connectivity index (χ0) is 11.2. The maximum absolute atomic E-state index is 11.9. The van der Waals surface area contributed by atoms with Gasteiger partial charge in [0.1, 0.15) is 0 Å². The van der Waals surface area contributed by atoms with Crippen molar-refractivity contribution in [2.24, 2.45) is 0 Å². The van der Waals surface area contributed by atoms with Crippen molar-refractivity contribution < 1.29 is 4.57 Å². The summed E-state index contributed by atoms with van der Waals surface area (Å²) in [5.41, 5.74) is 1.75. The Bertz CT molecular complexity index is 415. The molecule has 0 atom stereocenters. The third-order valence-electron chi connectivity index (χ3n) is 2.13. The van der Waals surface area contributed by atoms with Gasteiger partial charge in [-0.3, -0.25) is 9.97 Å². The van der Waals surface area contributed by atoms with Gasteiger partial charge in [-0.25, -0.2) is 0 Å². The third-order valence-corrected chi connectivity index (χ3v) is 3.48. The molecule has 0 N–H and O–H groups in total. The van der Waals surface area contributed by atoms with Crippen LogP contribution >= 0.6 is 7.80 Å². The highest BCUT2D eigenvalue weighted by molar-refractivity contribution is 7.42. The molecule has 0 aromatic carbocycles. The number of hydrogen-bond donors (Lipinski definition) is 0. The molecule has 2 rings (SSSR count). The van der Waals surface area contributed by atoms with Gasteiger partial charge in [0.05, 0.1) is 11.4 Å². The Morgan fingerprint density at radius 3 is 1.75 bits per heavy atom. The van der Waals surface area contributed by atoms with Crippen LogP contribution in [-0.4, -0.2) is 9.97 Å². The molecule has 0 radical (unpaired) electrons. The molecule has 0 aliphatic rings. The average Bonchev–Trinajstić information content (AvgIpc) is 2.31. The Kier molecular flexibility index (Phi) is 3.73. The number of nitrogens with zero attached hydrogens (tertiary/aromatic N) is 2. The van der Waals surface area contributed by atoms with E-state index in [0.29, 0.717) is 12.3 Å². The van der Waals surface area contributed by atoms with Gasteiger partial charge in [-0.15, -0.1) is 0 Å². The van der Waals surface area contributed by atoms with Gasteiger partial charge in [0, 0.05) is 12.4 Å². The molecule has 2 aromatic rings. The first kappa shape index (κ1) is 10.9. The first-order valence-electron chi connectivity index (χ1n) is 5.06. The Balaban J connectivity index is 1.95. The summed E-state index contributed by atoms with van der Waals surface area (Å²) >= 11 is 0. The molecule has 0 amide bonds. The molecular weight excluding hydrogens is 219 g/mol. The van der Waals surface area contributed by atoms with Crippen LogP contribution in [0.2, 0.25) is 0 Å². The zero-order valence-corrected chi connectivity index (χ0v) is 9.68. The lowest BCUT2D eigenvalue weighted by atomic mass is 10.4. The van der Waals surface area contributed by atoms with Gasteiger partial charge in [-0.1, -0.05) is 16.7 Å². The molecule has 0 spiro atoms. The fraction of sp³-hybridized carbons (Fsp3) is 0.167. The third kappa shape index (κ3) is 3.21. The highest BCUT2D eigenvalue weighted by Gasteiger charge is 2.18. The Morgan fingerprint density at radius 2 is 1.38 bits per heavy atom. The molecule has 0 unspecified atom stereocenters. The quantitative estimate of drug-likeness (QED) is 0.759. The molecule has 16 heavy (non-hydrogen) atoms. The smallest absolute Gasteiger partial charge is 0.257 e. The van der Waals surface area contributed by atoms with Crippen molar-refractivity contribution in [1.82, 2.24) is 9.97 Å². The molecule has 2 aromatic heterocycles. The summed E-state index contributed by atoms with van der Waals surface area (Å²) in [5, 5.41) is 0. The normalized spacial score (nSPS) is 10.0. The van der Waals surface area contributed by atoms with Crippen LogP contribution in [0, 0.1) is 0 Å². The SMILES string of the molecule is O=[P+](Cc1ccccn1)Cc1ccccn1. The van der Waals surface area contributed by atoms with Gasteiger partial charge in [0.15, 0.2) is 12.3 Å². The largest absolute Gasteiger partial charge is 0.351 e. The van der Waals surface area contributed by atoms with E-state index in [9.17, 15) is 4.57 Å². The van der Waals surface area contributed by atoms with Crippen molar-refractivity contribution in [2.75, 3.05) is 0 Å². The maximum Gasteiger partial charge on any atom is 0.351 e. The van der Waals surface area contributed by atoms with Crippen LogP contribution in [0.3, 0.4) is 0 Å². The molecule has 0 bridgehead atoms. The van der Waals surface area contributed by atoms with Crippen molar-refractivity contribution in [1.29, 1.82) is 0 Å². The highest BCUT2D eigenvalue weighted by Crippen LogP contribution is 2.29. The second kappa shape index (κ2) is 5.47. The van der Waals surface area contributed by atoms with E-state index >= 15 is 0 Å². The highest BCUT2D eigenvalue weighted by atomic mass is 31.1. The summed E-state index contributed by atoms with van der Waals surface area (Å²) in [6, 6.07) is 11.3. The van der Waals surface area contributed by atoms with Gasteiger partial charge < -0.3 is 0 Å². The van der Waals surface area contributed by atoms with Crippen LogP contribution < -0.4 is 0 Å². The molecule has 80 valence electrons. The lowest BCUT2D eigenvalue weighted by molar-refractivity contribution is 0.586. The predicted octanol–water partition coefficient (Wildman–Crippen LogP) is 3.00. The summed E-state index contributed by atoms with van der Waals surface area (Å²) < 4.78 is 11.9. The van der Waals surface area contributed by atoms with Crippen LogP contribution in [-0.2, 0) is 16.9 Å². The van der Waals surface area contributed by atoms with Crippen LogP contribution in [0.1, 0.15) is 11.4 Å². The lowest BCUT2D eigenvalue weighted by Gasteiger charge is -1.92. The second-order valence-electron chi connectivity index (χ2n) is 3.44. The fourth-order valence-electron chi connectivity index (χ4n) is 1.40. The minimum absolute atomic E-state index is 0.521. The molecular formula is C12H12N2OP+. The topological polar surface area (TPSA) is 42.9 Å². The summed E-state index contributed by atoms with van der Waals surface area (Å²) in [5.74, 6) is 0. The second-order valence-corrected chi connectivity index (χ2v) is 5.04.